The third-order valence-electron chi connectivity index (χ3n) is 5.31. The first-order valence-electron chi connectivity index (χ1n) is 8.57. The highest BCUT2D eigenvalue weighted by Crippen LogP contribution is 2.42. The van der Waals surface area contributed by atoms with Crippen LogP contribution in [0.3, 0.4) is 0 Å². The summed E-state index contributed by atoms with van der Waals surface area (Å²) in [5.74, 6) is 0.188. The van der Waals surface area contributed by atoms with E-state index < -0.39 is 0 Å². The van der Waals surface area contributed by atoms with Crippen LogP contribution in [0.15, 0.2) is 36.7 Å². The number of aryl methyl sites for hydroxylation is 1. The predicted octanol–water partition coefficient (Wildman–Crippen LogP) is 1.92. The van der Waals surface area contributed by atoms with Crippen molar-refractivity contribution in [1.29, 1.82) is 5.26 Å². The summed E-state index contributed by atoms with van der Waals surface area (Å²) in [5, 5.41) is 13.2. The molecule has 2 aromatic rings. The van der Waals surface area contributed by atoms with Crippen molar-refractivity contribution < 1.29 is 4.79 Å². The van der Waals surface area contributed by atoms with E-state index in [-0.39, 0.29) is 11.3 Å². The number of rotatable bonds is 3. The van der Waals surface area contributed by atoms with Gasteiger partial charge in [-0.05, 0) is 37.2 Å². The lowest BCUT2D eigenvalue weighted by Crippen LogP contribution is -2.31. The lowest BCUT2D eigenvalue weighted by molar-refractivity contribution is -0.117. The smallest absolute Gasteiger partial charge is 0.227 e. The number of likely N-dealkylation sites (tertiary alicyclic amines) is 1. The number of nitriles is 1. The Hall–Kier alpha value is -2.65. The zero-order valence-corrected chi connectivity index (χ0v) is 14.4. The van der Waals surface area contributed by atoms with Gasteiger partial charge in [0, 0.05) is 56.0 Å². The van der Waals surface area contributed by atoms with E-state index in [1.807, 2.05) is 41.2 Å². The molecule has 0 saturated carbocycles. The van der Waals surface area contributed by atoms with Crippen molar-refractivity contribution >= 4 is 11.6 Å². The zero-order chi connectivity index (χ0) is 17.4. The predicted molar refractivity (Wildman–Crippen MR) is 93.7 cm³/mol. The van der Waals surface area contributed by atoms with E-state index in [0.29, 0.717) is 12.0 Å². The Balaban J connectivity index is 1.45. The number of amides is 1. The van der Waals surface area contributed by atoms with E-state index >= 15 is 0 Å². The summed E-state index contributed by atoms with van der Waals surface area (Å²) in [6, 6.07) is 9.41. The number of hydrogen-bond acceptors (Lipinski definition) is 4. The van der Waals surface area contributed by atoms with E-state index in [2.05, 4.69) is 16.1 Å². The highest BCUT2D eigenvalue weighted by molar-refractivity contribution is 5.96. The molecule has 6 heteroatoms. The molecule has 0 radical (unpaired) electrons. The minimum Gasteiger partial charge on any atom is -0.312 e. The number of carbonyl (C=O) groups is 1. The van der Waals surface area contributed by atoms with Crippen LogP contribution in [0.1, 0.15) is 24.0 Å². The number of carbonyl (C=O) groups excluding carboxylic acids is 1. The highest BCUT2D eigenvalue weighted by atomic mass is 16.2. The fraction of sp³-hybridized carbons (Fsp3) is 0.421. The second-order valence-electron chi connectivity index (χ2n) is 7.30. The standard InChI is InChI=1S/C19H21N5O/c1-22-11-16(10-21-22)12-23-7-6-19(13-23)8-18(25)24(14-19)17-4-2-15(9-20)3-5-17/h2-5,10-11H,6-8,12-14H2,1H3/t19-/m0/s1. The summed E-state index contributed by atoms with van der Waals surface area (Å²) in [6.07, 6.45) is 5.62. The van der Waals surface area contributed by atoms with Crippen LogP contribution < -0.4 is 4.90 Å². The number of aromatic nitrogens is 2. The molecule has 25 heavy (non-hydrogen) atoms. The molecule has 0 aliphatic carbocycles. The molecule has 1 spiro atoms. The maximum absolute atomic E-state index is 12.6. The highest BCUT2D eigenvalue weighted by Gasteiger charge is 2.47. The molecule has 2 fully saturated rings. The van der Waals surface area contributed by atoms with Crippen molar-refractivity contribution in [2.45, 2.75) is 19.4 Å². The normalized spacial score (nSPS) is 23.5. The summed E-state index contributed by atoms with van der Waals surface area (Å²) in [5.41, 5.74) is 2.78. The van der Waals surface area contributed by atoms with Gasteiger partial charge in [0.2, 0.25) is 5.91 Å². The minimum absolute atomic E-state index is 0.0488. The largest absolute Gasteiger partial charge is 0.312 e. The molecule has 4 rings (SSSR count). The molecule has 0 N–H and O–H groups in total. The maximum atomic E-state index is 12.6. The van der Waals surface area contributed by atoms with Crippen molar-refractivity contribution in [2.75, 3.05) is 24.5 Å². The first kappa shape index (κ1) is 15.9. The summed E-state index contributed by atoms with van der Waals surface area (Å²) in [7, 11) is 1.93. The van der Waals surface area contributed by atoms with Crippen LogP contribution in [-0.2, 0) is 18.4 Å². The van der Waals surface area contributed by atoms with Crippen LogP contribution >= 0.6 is 0 Å². The Bertz CT molecular complexity index is 834. The van der Waals surface area contributed by atoms with Gasteiger partial charge in [0.15, 0.2) is 0 Å². The number of anilines is 1. The van der Waals surface area contributed by atoms with Crippen LogP contribution in [0, 0.1) is 16.7 Å². The number of benzene rings is 1. The van der Waals surface area contributed by atoms with Crippen LogP contribution in [0.5, 0.6) is 0 Å². The second kappa shape index (κ2) is 6.01. The van der Waals surface area contributed by atoms with Crippen LogP contribution in [0.2, 0.25) is 0 Å². The van der Waals surface area contributed by atoms with Crippen molar-refractivity contribution in [2.24, 2.45) is 12.5 Å². The maximum Gasteiger partial charge on any atom is 0.227 e. The molecule has 1 amide bonds. The van der Waals surface area contributed by atoms with E-state index in [1.165, 1.54) is 5.56 Å². The summed E-state index contributed by atoms with van der Waals surface area (Å²) >= 11 is 0. The van der Waals surface area contributed by atoms with E-state index in [9.17, 15) is 4.79 Å². The van der Waals surface area contributed by atoms with Gasteiger partial charge in [-0.15, -0.1) is 0 Å². The topological polar surface area (TPSA) is 65.2 Å². The Kier molecular flexibility index (Phi) is 3.81. The molecule has 2 aliphatic heterocycles. The number of hydrogen-bond donors (Lipinski definition) is 0. The van der Waals surface area contributed by atoms with Gasteiger partial charge in [0.1, 0.15) is 0 Å². The Morgan fingerprint density at radius 1 is 1.28 bits per heavy atom. The van der Waals surface area contributed by atoms with Gasteiger partial charge < -0.3 is 4.90 Å². The Morgan fingerprint density at radius 3 is 2.76 bits per heavy atom. The second-order valence-corrected chi connectivity index (χ2v) is 7.30. The minimum atomic E-state index is 0.0488. The zero-order valence-electron chi connectivity index (χ0n) is 14.4. The molecule has 6 nitrogen and oxygen atoms in total. The molecule has 3 heterocycles. The Labute approximate surface area is 147 Å². The van der Waals surface area contributed by atoms with Crippen LogP contribution in [-0.4, -0.2) is 40.2 Å². The van der Waals surface area contributed by atoms with Gasteiger partial charge in [-0.3, -0.25) is 14.4 Å². The first-order chi connectivity index (χ1) is 12.1. The summed E-state index contributed by atoms with van der Waals surface area (Å²) < 4.78 is 1.83. The van der Waals surface area contributed by atoms with Gasteiger partial charge >= 0.3 is 0 Å². The van der Waals surface area contributed by atoms with Crippen molar-refractivity contribution in [1.82, 2.24) is 14.7 Å². The van der Waals surface area contributed by atoms with Gasteiger partial charge in [-0.25, -0.2) is 0 Å². The van der Waals surface area contributed by atoms with E-state index in [4.69, 9.17) is 5.26 Å². The first-order valence-corrected chi connectivity index (χ1v) is 8.57. The van der Waals surface area contributed by atoms with E-state index in [1.54, 1.807) is 12.1 Å². The average molecular weight is 335 g/mol. The van der Waals surface area contributed by atoms with Gasteiger partial charge in [-0.2, -0.15) is 10.4 Å². The molecular formula is C19H21N5O. The SMILES string of the molecule is Cn1cc(CN2CC[C@]3(CC(=O)N(c4ccc(C#N)cc4)C3)C2)cn1. The van der Waals surface area contributed by atoms with Crippen molar-refractivity contribution in [3.05, 3.63) is 47.8 Å². The van der Waals surface area contributed by atoms with Crippen molar-refractivity contribution in [3.63, 3.8) is 0 Å². The number of nitrogens with zero attached hydrogens (tertiary/aromatic N) is 5. The lowest BCUT2D eigenvalue weighted by atomic mass is 9.86. The fourth-order valence-corrected chi connectivity index (χ4v) is 4.09. The molecule has 1 aromatic heterocycles. The van der Waals surface area contributed by atoms with Crippen molar-refractivity contribution in [3.8, 4) is 6.07 Å². The summed E-state index contributed by atoms with van der Waals surface area (Å²) in [4.78, 5) is 16.9. The molecule has 0 unspecified atom stereocenters. The Morgan fingerprint density at radius 2 is 2.08 bits per heavy atom. The molecule has 128 valence electrons. The monoisotopic (exact) mass is 335 g/mol. The van der Waals surface area contributed by atoms with Gasteiger partial charge in [-0.1, -0.05) is 0 Å². The third-order valence-corrected chi connectivity index (χ3v) is 5.31. The molecule has 1 atom stereocenters. The van der Waals surface area contributed by atoms with E-state index in [0.717, 1.165) is 38.3 Å². The van der Waals surface area contributed by atoms with Gasteiger partial charge in [0.05, 0.1) is 17.8 Å². The molecule has 2 saturated heterocycles. The fourth-order valence-electron chi connectivity index (χ4n) is 4.09. The average Bonchev–Trinajstić information content (AvgIpc) is 3.28. The van der Waals surface area contributed by atoms with Gasteiger partial charge in [0.25, 0.3) is 0 Å². The molecule has 0 bridgehead atoms. The van der Waals surface area contributed by atoms with Crippen LogP contribution in [0.4, 0.5) is 5.69 Å². The lowest BCUT2D eigenvalue weighted by Gasteiger charge is -2.24. The third kappa shape index (κ3) is 3.03. The molecule has 1 aromatic carbocycles. The molecular weight excluding hydrogens is 314 g/mol. The van der Waals surface area contributed by atoms with Crippen LogP contribution in [0.25, 0.3) is 0 Å². The quantitative estimate of drug-likeness (QED) is 0.859. The molecule has 2 aliphatic rings. The summed E-state index contributed by atoms with van der Waals surface area (Å²) in [6.45, 7) is 3.62.